The Balaban J connectivity index is 1.26. The molecule has 6 rings (SSSR count). The molecule has 3 N–H and O–H groups in total. The number of nitrogens with two attached hydrogens (primary N) is 1. The van der Waals surface area contributed by atoms with Gasteiger partial charge < -0.3 is 5.73 Å². The second kappa shape index (κ2) is 8.62. The summed E-state index contributed by atoms with van der Waals surface area (Å²) in [5, 5.41) is 6.21. The molecule has 1 aliphatic rings. The molecule has 0 fully saturated rings. The standard InChI is InChI=1S/C26H21N5OS2/c27-22-19-13-18-12-17(15-4-2-1-3-5-15)6-7-20(18)29-25(19)34-23(22)24(32)31-26-30-21(14-33-26)16-8-10-28-11-9-16/h1-5,8-11,13-14,17H,6-7,12,27H2,(H,30,31,32). The van der Waals surface area contributed by atoms with E-state index >= 15 is 0 Å². The average Bonchev–Trinajstić information content (AvgIpc) is 3.48. The van der Waals surface area contributed by atoms with Crippen LogP contribution < -0.4 is 11.1 Å². The lowest BCUT2D eigenvalue weighted by Gasteiger charge is -2.24. The zero-order chi connectivity index (χ0) is 23.1. The third-order valence-corrected chi connectivity index (χ3v) is 8.14. The van der Waals surface area contributed by atoms with Gasteiger partial charge in [0.05, 0.1) is 11.4 Å². The first-order chi connectivity index (χ1) is 16.7. The number of carbonyl (C=O) groups excluding carboxylic acids is 1. The summed E-state index contributed by atoms with van der Waals surface area (Å²) in [6.07, 6.45) is 6.39. The summed E-state index contributed by atoms with van der Waals surface area (Å²) in [5.74, 6) is 0.228. The monoisotopic (exact) mass is 483 g/mol. The molecule has 6 nitrogen and oxygen atoms in total. The second-order valence-corrected chi connectivity index (χ2v) is 10.2. The van der Waals surface area contributed by atoms with E-state index in [1.54, 1.807) is 12.4 Å². The fourth-order valence-electron chi connectivity index (χ4n) is 4.51. The molecule has 0 saturated carbocycles. The van der Waals surface area contributed by atoms with Crippen LogP contribution in [-0.2, 0) is 12.8 Å². The van der Waals surface area contributed by atoms with Crippen LogP contribution in [0.4, 0.5) is 10.8 Å². The number of aromatic nitrogens is 3. The van der Waals surface area contributed by atoms with Crippen LogP contribution in [-0.4, -0.2) is 20.9 Å². The summed E-state index contributed by atoms with van der Waals surface area (Å²) in [4.78, 5) is 27.8. The molecule has 8 heteroatoms. The first-order valence-electron chi connectivity index (χ1n) is 11.1. The molecule has 1 atom stereocenters. The molecule has 0 radical (unpaired) electrons. The maximum absolute atomic E-state index is 13.1. The molecular formula is C26H21N5OS2. The van der Waals surface area contributed by atoms with Gasteiger partial charge in [-0.05, 0) is 54.5 Å². The van der Waals surface area contributed by atoms with E-state index in [9.17, 15) is 4.79 Å². The minimum absolute atomic E-state index is 0.253. The number of nitrogens with one attached hydrogen (secondary N) is 1. The Bertz CT molecular complexity index is 1490. The van der Waals surface area contributed by atoms with Crippen molar-refractivity contribution in [2.75, 3.05) is 11.1 Å². The third-order valence-electron chi connectivity index (χ3n) is 6.26. The van der Waals surface area contributed by atoms with Gasteiger partial charge in [-0.1, -0.05) is 30.3 Å². The lowest BCUT2D eigenvalue weighted by molar-refractivity contribution is 0.103. The number of aryl methyl sites for hydroxylation is 1. The molecule has 0 spiro atoms. The molecule has 4 aromatic heterocycles. The highest BCUT2D eigenvalue weighted by Crippen LogP contribution is 2.38. The average molecular weight is 484 g/mol. The highest BCUT2D eigenvalue weighted by atomic mass is 32.1. The van der Waals surface area contributed by atoms with Gasteiger partial charge in [-0.2, -0.15) is 0 Å². The molecule has 1 aromatic carbocycles. The van der Waals surface area contributed by atoms with Gasteiger partial charge in [0.1, 0.15) is 9.71 Å². The molecule has 5 aromatic rings. The van der Waals surface area contributed by atoms with Crippen molar-refractivity contribution in [1.29, 1.82) is 0 Å². The topological polar surface area (TPSA) is 93.8 Å². The van der Waals surface area contributed by atoms with E-state index in [4.69, 9.17) is 10.7 Å². The minimum Gasteiger partial charge on any atom is -0.397 e. The molecule has 0 bridgehead atoms. The smallest absolute Gasteiger partial charge is 0.269 e. The number of nitrogens with zero attached hydrogens (tertiary/aromatic N) is 3. The summed E-state index contributed by atoms with van der Waals surface area (Å²) in [5.41, 5.74) is 12.4. The van der Waals surface area contributed by atoms with Crippen LogP contribution in [0, 0.1) is 0 Å². The lowest BCUT2D eigenvalue weighted by atomic mass is 9.82. The van der Waals surface area contributed by atoms with Gasteiger partial charge in [-0.15, -0.1) is 22.7 Å². The summed E-state index contributed by atoms with van der Waals surface area (Å²) in [6.45, 7) is 0. The zero-order valence-electron chi connectivity index (χ0n) is 18.2. The number of carbonyl (C=O) groups is 1. The molecule has 1 amide bonds. The molecule has 168 valence electrons. The van der Waals surface area contributed by atoms with Gasteiger partial charge in [-0.25, -0.2) is 9.97 Å². The number of amides is 1. The van der Waals surface area contributed by atoms with Crippen LogP contribution in [0.3, 0.4) is 0 Å². The second-order valence-electron chi connectivity index (χ2n) is 8.37. The summed E-state index contributed by atoms with van der Waals surface area (Å²) < 4.78 is 0. The fourth-order valence-corrected chi connectivity index (χ4v) is 6.22. The SMILES string of the molecule is Nc1c(C(=O)Nc2nc(-c3ccncc3)cs2)sc2nc3c(cc12)CC(c1ccccc1)CC3. The maximum Gasteiger partial charge on any atom is 0.269 e. The number of fused-ring (bicyclic) bond motifs is 2. The molecule has 0 saturated heterocycles. The largest absolute Gasteiger partial charge is 0.397 e. The van der Waals surface area contributed by atoms with Gasteiger partial charge in [0.2, 0.25) is 0 Å². The lowest BCUT2D eigenvalue weighted by Crippen LogP contribution is -2.14. The molecule has 1 unspecified atom stereocenters. The Morgan fingerprint density at radius 3 is 2.74 bits per heavy atom. The van der Waals surface area contributed by atoms with Crippen LogP contribution in [0.5, 0.6) is 0 Å². The van der Waals surface area contributed by atoms with E-state index in [1.807, 2.05) is 17.5 Å². The van der Waals surface area contributed by atoms with Gasteiger partial charge in [-0.3, -0.25) is 15.1 Å². The summed E-state index contributed by atoms with van der Waals surface area (Å²) >= 11 is 2.73. The number of benzene rings is 1. The van der Waals surface area contributed by atoms with Crippen molar-refractivity contribution in [3.8, 4) is 11.3 Å². The van der Waals surface area contributed by atoms with Crippen LogP contribution in [0.2, 0.25) is 0 Å². The Hall–Kier alpha value is -3.62. The van der Waals surface area contributed by atoms with Crippen molar-refractivity contribution in [3.63, 3.8) is 0 Å². The van der Waals surface area contributed by atoms with E-state index in [0.29, 0.717) is 21.6 Å². The van der Waals surface area contributed by atoms with Crippen molar-refractivity contribution in [3.05, 3.63) is 88.0 Å². The van der Waals surface area contributed by atoms with E-state index in [0.717, 1.165) is 46.4 Å². The van der Waals surface area contributed by atoms with E-state index in [-0.39, 0.29) is 5.91 Å². The first kappa shape index (κ1) is 20.9. The summed E-state index contributed by atoms with van der Waals surface area (Å²) in [6, 6.07) is 16.5. The van der Waals surface area contributed by atoms with Crippen molar-refractivity contribution in [2.24, 2.45) is 0 Å². The third kappa shape index (κ3) is 3.85. The molecular weight excluding hydrogens is 462 g/mol. The van der Waals surface area contributed by atoms with Crippen LogP contribution >= 0.6 is 22.7 Å². The predicted molar refractivity (Wildman–Crippen MR) is 139 cm³/mol. The number of thiazole rings is 1. The van der Waals surface area contributed by atoms with Crippen molar-refractivity contribution in [1.82, 2.24) is 15.0 Å². The van der Waals surface area contributed by atoms with Crippen molar-refractivity contribution < 1.29 is 4.79 Å². The fraction of sp³-hybridized carbons (Fsp3) is 0.154. The normalized spacial score (nSPS) is 15.2. The number of thiophene rings is 1. The maximum atomic E-state index is 13.1. The molecule has 4 heterocycles. The zero-order valence-corrected chi connectivity index (χ0v) is 19.8. The Labute approximate surface area is 204 Å². The number of rotatable bonds is 4. The number of pyridine rings is 2. The van der Waals surface area contributed by atoms with Gasteiger partial charge in [0.15, 0.2) is 5.13 Å². The number of anilines is 2. The van der Waals surface area contributed by atoms with Crippen LogP contribution in [0.1, 0.15) is 38.8 Å². The summed E-state index contributed by atoms with van der Waals surface area (Å²) in [7, 11) is 0. The van der Waals surface area contributed by atoms with E-state index in [2.05, 4.69) is 51.7 Å². The molecule has 1 aliphatic carbocycles. The molecule has 0 aliphatic heterocycles. The van der Waals surface area contributed by atoms with Crippen LogP contribution in [0.25, 0.3) is 21.5 Å². The van der Waals surface area contributed by atoms with Crippen LogP contribution in [0.15, 0.2) is 66.3 Å². The number of hydrogen-bond acceptors (Lipinski definition) is 7. The highest BCUT2D eigenvalue weighted by molar-refractivity contribution is 7.21. The molecule has 34 heavy (non-hydrogen) atoms. The van der Waals surface area contributed by atoms with Gasteiger partial charge in [0.25, 0.3) is 5.91 Å². The first-order valence-corrected chi connectivity index (χ1v) is 12.8. The quantitative estimate of drug-likeness (QED) is 0.331. The van der Waals surface area contributed by atoms with Gasteiger partial charge in [0, 0.05) is 34.4 Å². The Kier molecular flexibility index (Phi) is 5.31. The number of hydrogen-bond donors (Lipinski definition) is 2. The van der Waals surface area contributed by atoms with Crippen molar-refractivity contribution in [2.45, 2.75) is 25.2 Å². The van der Waals surface area contributed by atoms with Gasteiger partial charge >= 0.3 is 0 Å². The van der Waals surface area contributed by atoms with E-state index in [1.165, 1.54) is 33.8 Å². The predicted octanol–water partition coefficient (Wildman–Crippen LogP) is 5.92. The van der Waals surface area contributed by atoms with E-state index < -0.39 is 0 Å². The minimum atomic E-state index is -0.253. The highest BCUT2D eigenvalue weighted by Gasteiger charge is 2.25. The number of nitrogen functional groups attached to an aromatic ring is 1. The Morgan fingerprint density at radius 1 is 1.09 bits per heavy atom. The Morgan fingerprint density at radius 2 is 1.91 bits per heavy atom. The van der Waals surface area contributed by atoms with Crippen molar-refractivity contribution >= 4 is 49.6 Å².